The third kappa shape index (κ3) is 2.31. The maximum atomic E-state index is 10.5. The molecule has 0 aliphatic rings. The van der Waals surface area contributed by atoms with Gasteiger partial charge in [-0.3, -0.25) is 4.79 Å². The van der Waals surface area contributed by atoms with Crippen molar-refractivity contribution in [2.45, 2.75) is 6.92 Å². The monoisotopic (exact) mass is 182 g/mol. The Morgan fingerprint density at radius 1 is 1.67 bits per heavy atom. The topological polar surface area (TPSA) is 17.1 Å². The van der Waals surface area contributed by atoms with Gasteiger partial charge in [-0.25, -0.2) is 0 Å². The van der Waals surface area contributed by atoms with Crippen molar-refractivity contribution in [2.24, 2.45) is 0 Å². The number of ketones is 1. The first-order valence-corrected chi connectivity index (χ1v) is 3.23. The first-order chi connectivity index (χ1) is 3.80. The summed E-state index contributed by atoms with van der Waals surface area (Å²) in [6, 6.07) is 3.70. The van der Waals surface area contributed by atoms with Gasteiger partial charge in [0, 0.05) is 17.1 Å². The summed E-state index contributed by atoms with van der Waals surface area (Å²) in [6.07, 6.45) is 0. The van der Waals surface area contributed by atoms with Crippen LogP contribution in [0.2, 0.25) is 0 Å². The van der Waals surface area contributed by atoms with Crippen molar-refractivity contribution < 1.29 is 21.9 Å². The molecule has 1 heterocycles. The summed E-state index contributed by atoms with van der Waals surface area (Å²) in [5, 5.41) is 1.90. The van der Waals surface area contributed by atoms with Crippen LogP contribution in [0.1, 0.15) is 16.6 Å². The molecule has 0 radical (unpaired) electrons. The van der Waals surface area contributed by atoms with Crippen LogP contribution in [0.5, 0.6) is 0 Å². The zero-order valence-corrected chi connectivity index (χ0v) is 6.82. The van der Waals surface area contributed by atoms with Crippen LogP contribution in [0.25, 0.3) is 0 Å². The average molecular weight is 182 g/mol. The number of carbonyl (C=O) groups is 1. The largest absolute Gasteiger partial charge is 0.294 e. The van der Waals surface area contributed by atoms with E-state index in [9.17, 15) is 4.79 Å². The molecule has 0 saturated carbocycles. The summed E-state index contributed by atoms with van der Waals surface area (Å²) in [7, 11) is 0. The van der Waals surface area contributed by atoms with Gasteiger partial charge in [0.2, 0.25) is 0 Å². The summed E-state index contributed by atoms with van der Waals surface area (Å²) >= 11 is 1.48. The minimum Gasteiger partial charge on any atom is -0.294 e. The molecule has 9 heavy (non-hydrogen) atoms. The van der Waals surface area contributed by atoms with E-state index < -0.39 is 0 Å². The number of Topliss-reactive ketones (excluding diaryl/α,β-unsaturated/α-hetero) is 1. The second-order valence-electron chi connectivity index (χ2n) is 1.53. The van der Waals surface area contributed by atoms with Crippen LogP contribution in [0.3, 0.4) is 0 Å². The first kappa shape index (κ1) is 8.89. The number of hydrogen-bond donors (Lipinski definition) is 0. The minimum absolute atomic E-state index is 0. The Balaban J connectivity index is 0.000000640. The van der Waals surface area contributed by atoms with Gasteiger partial charge in [0.25, 0.3) is 0 Å². The molecule has 0 bridgehead atoms. The summed E-state index contributed by atoms with van der Waals surface area (Å²) in [4.78, 5) is 11.4. The van der Waals surface area contributed by atoms with Crippen LogP contribution in [-0.4, -0.2) is 5.78 Å². The van der Waals surface area contributed by atoms with Gasteiger partial charge in [-0.2, -0.15) is 0 Å². The molecule has 1 aromatic rings. The van der Waals surface area contributed by atoms with Gasteiger partial charge in [0.1, 0.15) is 0 Å². The minimum atomic E-state index is 0. The normalized spacial score (nSPS) is 8.11. The van der Waals surface area contributed by atoms with Crippen molar-refractivity contribution in [2.75, 3.05) is 0 Å². The summed E-state index contributed by atoms with van der Waals surface area (Å²) < 4.78 is 0. The molecule has 1 nitrogen and oxygen atoms in total. The Labute approximate surface area is 68.6 Å². The Bertz CT molecular complexity index is 181. The fraction of sp³-hybridized carbons (Fsp3) is 0.167. The molecule has 1 aromatic heterocycles. The Kier molecular flexibility index (Phi) is 3.78. The Hall–Kier alpha value is -0.111. The first-order valence-electron chi connectivity index (χ1n) is 2.35. The van der Waals surface area contributed by atoms with Crippen LogP contribution < -0.4 is 0 Å². The van der Waals surface area contributed by atoms with Gasteiger partial charge in [-0.05, 0) is 18.4 Å². The van der Waals surface area contributed by atoms with Gasteiger partial charge < -0.3 is 0 Å². The standard InChI is InChI=1S/C6H6OS.Fe/c1-5(7)6-3-2-4-8-6;/h2-4H,1H3;. The Morgan fingerprint density at radius 2 is 2.33 bits per heavy atom. The van der Waals surface area contributed by atoms with Crippen molar-refractivity contribution in [3.05, 3.63) is 22.4 Å². The number of rotatable bonds is 1. The van der Waals surface area contributed by atoms with Crippen LogP contribution in [0, 0.1) is 0 Å². The molecular formula is C6H6FeOS. The number of thiophene rings is 1. The number of hydrogen-bond acceptors (Lipinski definition) is 2. The SMILES string of the molecule is CC(=O)c1cccs1.[Fe]. The van der Waals surface area contributed by atoms with E-state index in [1.54, 1.807) is 6.92 Å². The molecule has 1 rings (SSSR count). The van der Waals surface area contributed by atoms with Gasteiger partial charge in [-0.15, -0.1) is 11.3 Å². The van der Waals surface area contributed by atoms with Crippen molar-refractivity contribution in [3.63, 3.8) is 0 Å². The van der Waals surface area contributed by atoms with Gasteiger partial charge in [0.15, 0.2) is 5.78 Å². The average Bonchev–Trinajstić information content (AvgIpc) is 2.12. The van der Waals surface area contributed by atoms with Crippen LogP contribution >= 0.6 is 11.3 Å². The van der Waals surface area contributed by atoms with Gasteiger partial charge >= 0.3 is 0 Å². The van der Waals surface area contributed by atoms with E-state index in [1.807, 2.05) is 17.5 Å². The molecule has 0 spiro atoms. The van der Waals surface area contributed by atoms with E-state index in [0.29, 0.717) is 0 Å². The van der Waals surface area contributed by atoms with Gasteiger partial charge in [0.05, 0.1) is 4.88 Å². The summed E-state index contributed by atoms with van der Waals surface area (Å²) in [5.74, 6) is 0.153. The molecule has 0 N–H and O–H groups in total. The molecule has 0 aliphatic heterocycles. The third-order valence-corrected chi connectivity index (χ3v) is 1.84. The fourth-order valence-corrected chi connectivity index (χ4v) is 1.11. The number of carbonyl (C=O) groups excluding carboxylic acids is 1. The maximum absolute atomic E-state index is 10.5. The molecule has 0 amide bonds. The molecule has 0 atom stereocenters. The van der Waals surface area contributed by atoms with Crippen molar-refractivity contribution in [1.29, 1.82) is 0 Å². The molecule has 0 aliphatic carbocycles. The molecule has 3 heteroatoms. The van der Waals surface area contributed by atoms with E-state index in [1.165, 1.54) is 11.3 Å². The predicted octanol–water partition coefficient (Wildman–Crippen LogP) is 1.95. The second-order valence-corrected chi connectivity index (χ2v) is 2.48. The van der Waals surface area contributed by atoms with Crippen LogP contribution in [0.4, 0.5) is 0 Å². The molecular weight excluding hydrogens is 176 g/mol. The molecule has 0 unspecified atom stereocenters. The predicted molar refractivity (Wildman–Crippen MR) is 34.3 cm³/mol. The van der Waals surface area contributed by atoms with E-state index in [4.69, 9.17) is 0 Å². The van der Waals surface area contributed by atoms with Crippen molar-refractivity contribution in [3.8, 4) is 0 Å². The molecule has 0 fully saturated rings. The quantitative estimate of drug-likeness (QED) is 0.479. The van der Waals surface area contributed by atoms with E-state index in [-0.39, 0.29) is 22.9 Å². The van der Waals surface area contributed by atoms with E-state index in [0.717, 1.165) is 4.88 Å². The molecule has 0 aromatic carbocycles. The van der Waals surface area contributed by atoms with Gasteiger partial charge in [-0.1, -0.05) is 6.07 Å². The van der Waals surface area contributed by atoms with Crippen molar-refractivity contribution >= 4 is 17.1 Å². The Morgan fingerprint density at radius 3 is 2.56 bits per heavy atom. The zero-order chi connectivity index (χ0) is 5.98. The molecule has 50 valence electrons. The van der Waals surface area contributed by atoms with Crippen LogP contribution in [0.15, 0.2) is 17.5 Å². The van der Waals surface area contributed by atoms with Crippen molar-refractivity contribution in [1.82, 2.24) is 0 Å². The van der Waals surface area contributed by atoms with E-state index in [2.05, 4.69) is 0 Å². The maximum Gasteiger partial charge on any atom is 0.169 e. The zero-order valence-electron chi connectivity index (χ0n) is 4.90. The third-order valence-electron chi connectivity index (χ3n) is 0.868. The smallest absolute Gasteiger partial charge is 0.169 e. The second kappa shape index (κ2) is 3.83. The molecule has 0 saturated heterocycles. The summed E-state index contributed by atoms with van der Waals surface area (Å²) in [6.45, 7) is 1.58. The fourth-order valence-electron chi connectivity index (χ4n) is 0.479. The van der Waals surface area contributed by atoms with Crippen LogP contribution in [-0.2, 0) is 17.1 Å². The summed E-state index contributed by atoms with van der Waals surface area (Å²) in [5.41, 5.74) is 0. The van der Waals surface area contributed by atoms with E-state index >= 15 is 0 Å².